The maximum Gasteiger partial charge on any atom is 0.265 e. The van der Waals surface area contributed by atoms with Crippen molar-refractivity contribution in [1.82, 2.24) is 0 Å². The second kappa shape index (κ2) is 5.36. The van der Waals surface area contributed by atoms with Gasteiger partial charge in [-0.3, -0.25) is 9.59 Å². The molecule has 1 heterocycles. The van der Waals surface area contributed by atoms with Gasteiger partial charge in [0.05, 0.1) is 9.75 Å². The Balaban J connectivity index is 2.18. The van der Waals surface area contributed by atoms with Gasteiger partial charge in [-0.1, -0.05) is 17.7 Å². The Labute approximate surface area is 116 Å². The molecule has 0 aliphatic heterocycles. The van der Waals surface area contributed by atoms with Crippen LogP contribution in [0.1, 0.15) is 37.4 Å². The smallest absolute Gasteiger partial charge is 0.265 e. The van der Waals surface area contributed by atoms with Crippen LogP contribution in [0.4, 0.5) is 5.69 Å². The van der Waals surface area contributed by atoms with E-state index in [1.807, 2.05) is 32.0 Å². The van der Waals surface area contributed by atoms with Crippen molar-refractivity contribution in [2.24, 2.45) is 0 Å². The van der Waals surface area contributed by atoms with Gasteiger partial charge < -0.3 is 5.32 Å². The van der Waals surface area contributed by atoms with Gasteiger partial charge in [0.15, 0.2) is 5.78 Å². The van der Waals surface area contributed by atoms with E-state index >= 15 is 0 Å². The van der Waals surface area contributed by atoms with Crippen LogP contribution in [-0.2, 0) is 0 Å². The highest BCUT2D eigenvalue weighted by Gasteiger charge is 2.12. The molecule has 0 saturated heterocycles. The molecule has 0 aliphatic carbocycles. The highest BCUT2D eigenvalue weighted by Crippen LogP contribution is 2.21. The van der Waals surface area contributed by atoms with Gasteiger partial charge in [0.1, 0.15) is 0 Å². The predicted molar refractivity (Wildman–Crippen MR) is 78.2 cm³/mol. The number of rotatable bonds is 3. The minimum atomic E-state index is -0.176. The van der Waals surface area contributed by atoms with E-state index in [0.717, 1.165) is 16.8 Å². The Kier molecular flexibility index (Phi) is 3.81. The molecule has 1 amide bonds. The summed E-state index contributed by atoms with van der Waals surface area (Å²) in [7, 11) is 0. The van der Waals surface area contributed by atoms with Crippen molar-refractivity contribution in [3.8, 4) is 0 Å². The molecule has 2 rings (SSSR count). The largest absolute Gasteiger partial charge is 0.321 e. The molecule has 1 aromatic carbocycles. The first-order chi connectivity index (χ1) is 8.97. The Morgan fingerprint density at radius 2 is 1.74 bits per heavy atom. The van der Waals surface area contributed by atoms with E-state index in [-0.39, 0.29) is 11.7 Å². The summed E-state index contributed by atoms with van der Waals surface area (Å²) >= 11 is 1.22. The van der Waals surface area contributed by atoms with Crippen LogP contribution in [-0.4, -0.2) is 11.7 Å². The van der Waals surface area contributed by atoms with Gasteiger partial charge in [-0.2, -0.15) is 0 Å². The van der Waals surface area contributed by atoms with E-state index in [2.05, 4.69) is 5.32 Å². The number of amides is 1. The molecular weight excluding hydrogens is 258 g/mol. The topological polar surface area (TPSA) is 46.2 Å². The van der Waals surface area contributed by atoms with Crippen LogP contribution < -0.4 is 5.32 Å². The third-order valence-electron chi connectivity index (χ3n) is 2.81. The summed E-state index contributed by atoms with van der Waals surface area (Å²) in [6, 6.07) is 9.23. The molecule has 0 radical (unpaired) electrons. The van der Waals surface area contributed by atoms with E-state index in [1.54, 1.807) is 12.1 Å². The molecule has 3 nitrogen and oxygen atoms in total. The first-order valence-electron chi connectivity index (χ1n) is 5.97. The highest BCUT2D eigenvalue weighted by atomic mass is 32.1. The molecule has 0 bridgehead atoms. The number of carbonyl (C=O) groups excluding carboxylic acids is 2. The summed E-state index contributed by atoms with van der Waals surface area (Å²) in [6.07, 6.45) is 0. The molecule has 0 atom stereocenters. The van der Waals surface area contributed by atoms with Gasteiger partial charge in [0, 0.05) is 5.69 Å². The lowest BCUT2D eigenvalue weighted by atomic mass is 10.1. The van der Waals surface area contributed by atoms with Gasteiger partial charge in [0.2, 0.25) is 0 Å². The minimum Gasteiger partial charge on any atom is -0.321 e. The van der Waals surface area contributed by atoms with Gasteiger partial charge in [-0.05, 0) is 44.5 Å². The summed E-state index contributed by atoms with van der Waals surface area (Å²) in [5.74, 6) is -0.194. The molecule has 0 unspecified atom stereocenters. The lowest BCUT2D eigenvalue weighted by Crippen LogP contribution is -2.11. The number of anilines is 1. The maximum atomic E-state index is 12.1. The van der Waals surface area contributed by atoms with E-state index in [9.17, 15) is 9.59 Å². The molecule has 98 valence electrons. The Bertz CT molecular complexity index is 643. The molecule has 0 fully saturated rings. The van der Waals surface area contributed by atoms with Crippen molar-refractivity contribution in [3.05, 3.63) is 51.2 Å². The number of aryl methyl sites for hydroxylation is 2. The summed E-state index contributed by atoms with van der Waals surface area (Å²) in [6.45, 7) is 5.46. The average molecular weight is 273 g/mol. The Hall–Kier alpha value is -1.94. The third kappa shape index (κ3) is 3.09. The van der Waals surface area contributed by atoms with Gasteiger partial charge in [-0.25, -0.2) is 0 Å². The number of thiophene rings is 1. The van der Waals surface area contributed by atoms with Crippen molar-refractivity contribution in [1.29, 1.82) is 0 Å². The van der Waals surface area contributed by atoms with Crippen molar-refractivity contribution in [2.45, 2.75) is 20.8 Å². The summed E-state index contributed by atoms with van der Waals surface area (Å²) < 4.78 is 0. The molecule has 0 saturated carbocycles. The van der Waals surface area contributed by atoms with Crippen molar-refractivity contribution < 1.29 is 9.59 Å². The molecule has 0 aliphatic rings. The molecule has 1 aromatic heterocycles. The van der Waals surface area contributed by atoms with Crippen molar-refractivity contribution in [3.63, 3.8) is 0 Å². The van der Waals surface area contributed by atoms with Crippen LogP contribution in [0.5, 0.6) is 0 Å². The van der Waals surface area contributed by atoms with Crippen LogP contribution >= 0.6 is 11.3 Å². The number of hydrogen-bond acceptors (Lipinski definition) is 3. The van der Waals surface area contributed by atoms with E-state index < -0.39 is 0 Å². The van der Waals surface area contributed by atoms with Crippen molar-refractivity contribution >= 4 is 28.7 Å². The average Bonchev–Trinajstić information content (AvgIpc) is 2.82. The van der Waals surface area contributed by atoms with Crippen LogP contribution in [0.2, 0.25) is 0 Å². The Morgan fingerprint density at radius 3 is 2.32 bits per heavy atom. The maximum absolute atomic E-state index is 12.1. The quantitative estimate of drug-likeness (QED) is 0.864. The number of hydrogen-bond donors (Lipinski definition) is 1. The second-order valence-corrected chi connectivity index (χ2v) is 5.58. The predicted octanol–water partition coefficient (Wildman–Crippen LogP) is 3.82. The molecular formula is C15H15NO2S. The van der Waals surface area contributed by atoms with Gasteiger partial charge >= 0.3 is 0 Å². The number of carbonyl (C=O) groups is 2. The van der Waals surface area contributed by atoms with Gasteiger partial charge in [0.25, 0.3) is 5.91 Å². The fourth-order valence-corrected chi connectivity index (χ4v) is 2.58. The Morgan fingerprint density at radius 1 is 1.05 bits per heavy atom. The zero-order valence-electron chi connectivity index (χ0n) is 11.1. The van der Waals surface area contributed by atoms with E-state index in [1.165, 1.54) is 18.3 Å². The molecule has 2 aromatic rings. The second-order valence-electron chi connectivity index (χ2n) is 4.49. The van der Waals surface area contributed by atoms with Gasteiger partial charge in [-0.15, -0.1) is 11.3 Å². The monoisotopic (exact) mass is 273 g/mol. The molecule has 4 heteroatoms. The van der Waals surface area contributed by atoms with E-state index in [0.29, 0.717) is 9.75 Å². The number of Topliss-reactive ketones (excluding diaryl/α,β-unsaturated/α-hetero) is 1. The fourth-order valence-electron chi connectivity index (χ4n) is 1.79. The summed E-state index contributed by atoms with van der Waals surface area (Å²) in [4.78, 5) is 24.4. The molecule has 19 heavy (non-hydrogen) atoms. The minimum absolute atomic E-state index is 0.0180. The summed E-state index contributed by atoms with van der Waals surface area (Å²) in [5, 5.41) is 2.87. The van der Waals surface area contributed by atoms with Crippen molar-refractivity contribution in [2.75, 3.05) is 5.32 Å². The van der Waals surface area contributed by atoms with Crippen LogP contribution in [0.3, 0.4) is 0 Å². The first-order valence-corrected chi connectivity index (χ1v) is 6.78. The lowest BCUT2D eigenvalue weighted by molar-refractivity contribution is 0.101. The van der Waals surface area contributed by atoms with Crippen LogP contribution in [0, 0.1) is 13.8 Å². The standard InChI is InChI=1S/C15H15NO2S/c1-9-4-5-12(10(2)8-9)16-15(18)14-7-6-13(19-14)11(3)17/h4-8H,1-3H3,(H,16,18). The van der Waals surface area contributed by atoms with Crippen LogP contribution in [0.15, 0.2) is 30.3 Å². The molecule has 0 spiro atoms. The third-order valence-corrected chi connectivity index (χ3v) is 3.99. The van der Waals surface area contributed by atoms with E-state index in [4.69, 9.17) is 0 Å². The number of benzene rings is 1. The zero-order chi connectivity index (χ0) is 14.0. The zero-order valence-corrected chi connectivity index (χ0v) is 11.9. The summed E-state index contributed by atoms with van der Waals surface area (Å²) in [5.41, 5.74) is 2.98. The number of nitrogens with one attached hydrogen (secondary N) is 1. The lowest BCUT2D eigenvalue weighted by Gasteiger charge is -2.07. The highest BCUT2D eigenvalue weighted by molar-refractivity contribution is 7.16. The number of ketones is 1. The molecule has 1 N–H and O–H groups in total. The van der Waals surface area contributed by atoms with Crippen LogP contribution in [0.25, 0.3) is 0 Å². The normalized spacial score (nSPS) is 10.3. The first kappa shape index (κ1) is 13.5. The SMILES string of the molecule is CC(=O)c1ccc(C(=O)Nc2ccc(C)cc2C)s1. The fraction of sp³-hybridized carbons (Fsp3) is 0.200.